The second-order valence-corrected chi connectivity index (χ2v) is 4.49. The van der Waals surface area contributed by atoms with Crippen LogP contribution in [0.4, 0.5) is 0 Å². The summed E-state index contributed by atoms with van der Waals surface area (Å²) in [5.41, 5.74) is 4.12. The average molecular weight is 223 g/mol. The average Bonchev–Trinajstić information content (AvgIpc) is 3.24. The predicted octanol–water partition coefficient (Wildman–Crippen LogP) is 3.44. The lowest BCUT2D eigenvalue weighted by molar-refractivity contribution is 0.112. The fourth-order valence-corrected chi connectivity index (χ4v) is 1.95. The zero-order valence-electron chi connectivity index (χ0n) is 9.47. The van der Waals surface area contributed by atoms with Crippen LogP contribution < -0.4 is 0 Å². The van der Waals surface area contributed by atoms with Crippen molar-refractivity contribution in [1.82, 2.24) is 4.98 Å². The van der Waals surface area contributed by atoms with Crippen molar-refractivity contribution in [3.63, 3.8) is 0 Å². The number of hydrogen-bond donors (Lipinski definition) is 0. The van der Waals surface area contributed by atoms with E-state index in [0.29, 0.717) is 11.5 Å². The number of carbonyl (C=O) groups is 1. The van der Waals surface area contributed by atoms with Gasteiger partial charge in [-0.1, -0.05) is 30.3 Å². The van der Waals surface area contributed by atoms with E-state index in [1.165, 1.54) is 18.5 Å². The third-order valence-corrected chi connectivity index (χ3v) is 3.16. The highest BCUT2D eigenvalue weighted by Crippen LogP contribution is 2.39. The van der Waals surface area contributed by atoms with Crippen molar-refractivity contribution < 1.29 is 4.79 Å². The zero-order valence-corrected chi connectivity index (χ0v) is 9.47. The molecule has 3 rings (SSSR count). The molecule has 2 aromatic rings. The van der Waals surface area contributed by atoms with Crippen molar-refractivity contribution in [2.45, 2.75) is 18.8 Å². The Bertz CT molecular complexity index is 524. The summed E-state index contributed by atoms with van der Waals surface area (Å²) in [6.07, 6.45) is 5.34. The van der Waals surface area contributed by atoms with Gasteiger partial charge in [0.15, 0.2) is 0 Å². The number of aldehydes is 1. The monoisotopic (exact) mass is 223 g/mol. The Morgan fingerprint density at radius 2 is 1.71 bits per heavy atom. The molecule has 0 saturated heterocycles. The number of carbonyl (C=O) groups excluding carboxylic acids is 1. The number of benzene rings is 1. The number of nitrogens with zero attached hydrogens (tertiary/aromatic N) is 1. The quantitative estimate of drug-likeness (QED) is 0.746. The van der Waals surface area contributed by atoms with Crippen LogP contribution in [0.5, 0.6) is 0 Å². The molecule has 84 valence electrons. The third-order valence-electron chi connectivity index (χ3n) is 3.16. The maximum atomic E-state index is 10.6. The first kappa shape index (κ1) is 10.2. The fraction of sp³-hybridized carbons (Fsp3) is 0.200. The summed E-state index contributed by atoms with van der Waals surface area (Å²) in [5.74, 6) is 0.696. The summed E-state index contributed by atoms with van der Waals surface area (Å²) >= 11 is 0. The van der Waals surface area contributed by atoms with Crippen molar-refractivity contribution in [2.75, 3.05) is 0 Å². The van der Waals surface area contributed by atoms with E-state index in [1.54, 1.807) is 0 Å². The van der Waals surface area contributed by atoms with Gasteiger partial charge in [-0.15, -0.1) is 0 Å². The first-order valence-electron chi connectivity index (χ1n) is 5.88. The minimum absolute atomic E-state index is 0.696. The highest BCUT2D eigenvalue weighted by Gasteiger charge is 2.24. The Morgan fingerprint density at radius 3 is 2.24 bits per heavy atom. The van der Waals surface area contributed by atoms with Crippen LogP contribution in [0, 0.1) is 0 Å². The number of pyridine rings is 1. The minimum Gasteiger partial charge on any atom is -0.298 e. The third kappa shape index (κ3) is 2.11. The van der Waals surface area contributed by atoms with Crippen molar-refractivity contribution >= 4 is 6.29 Å². The molecule has 1 aliphatic rings. The maximum absolute atomic E-state index is 10.6. The van der Waals surface area contributed by atoms with Crippen LogP contribution in [0.15, 0.2) is 42.6 Å². The highest BCUT2D eigenvalue weighted by atomic mass is 16.1. The maximum Gasteiger partial charge on any atom is 0.150 e. The lowest BCUT2D eigenvalue weighted by atomic mass is 10.1. The van der Waals surface area contributed by atoms with Gasteiger partial charge >= 0.3 is 0 Å². The minimum atomic E-state index is 0.696. The van der Waals surface area contributed by atoms with Gasteiger partial charge in [-0.05, 0) is 24.5 Å². The van der Waals surface area contributed by atoms with E-state index < -0.39 is 0 Å². The zero-order chi connectivity index (χ0) is 11.7. The van der Waals surface area contributed by atoms with E-state index in [-0.39, 0.29) is 0 Å². The van der Waals surface area contributed by atoms with Gasteiger partial charge in [0.05, 0.1) is 0 Å². The second-order valence-electron chi connectivity index (χ2n) is 4.49. The molecule has 1 aliphatic carbocycles. The summed E-state index contributed by atoms with van der Waals surface area (Å²) in [5, 5.41) is 0. The Morgan fingerprint density at radius 1 is 1.00 bits per heavy atom. The van der Waals surface area contributed by atoms with E-state index in [0.717, 1.165) is 17.4 Å². The number of aromatic nitrogens is 1. The van der Waals surface area contributed by atoms with Crippen LogP contribution in [-0.4, -0.2) is 11.3 Å². The van der Waals surface area contributed by atoms with Crippen molar-refractivity contribution in [1.29, 1.82) is 0 Å². The molecule has 17 heavy (non-hydrogen) atoms. The van der Waals surface area contributed by atoms with Gasteiger partial charge < -0.3 is 0 Å². The molecule has 0 aliphatic heterocycles. The van der Waals surface area contributed by atoms with Crippen LogP contribution in [-0.2, 0) is 0 Å². The molecule has 0 amide bonds. The SMILES string of the molecule is O=Cc1ccc(-c2ccc(C3CC3)nc2)cc1. The van der Waals surface area contributed by atoms with E-state index in [4.69, 9.17) is 0 Å². The van der Waals surface area contributed by atoms with Gasteiger partial charge in [-0.25, -0.2) is 0 Å². The molecule has 2 heteroatoms. The van der Waals surface area contributed by atoms with Crippen LogP contribution in [0.2, 0.25) is 0 Å². The second kappa shape index (κ2) is 4.13. The van der Waals surface area contributed by atoms with Crippen LogP contribution >= 0.6 is 0 Å². The van der Waals surface area contributed by atoms with Crippen LogP contribution in [0.25, 0.3) is 11.1 Å². The Hall–Kier alpha value is -1.96. The Labute approximate surface area is 100 Å². The van der Waals surface area contributed by atoms with E-state index in [1.807, 2.05) is 30.5 Å². The van der Waals surface area contributed by atoms with Gasteiger partial charge in [0.25, 0.3) is 0 Å². The van der Waals surface area contributed by atoms with Gasteiger partial charge in [0.1, 0.15) is 6.29 Å². The van der Waals surface area contributed by atoms with Crippen LogP contribution in [0.3, 0.4) is 0 Å². The summed E-state index contributed by atoms with van der Waals surface area (Å²) in [7, 11) is 0. The fourth-order valence-electron chi connectivity index (χ4n) is 1.95. The molecule has 1 aromatic carbocycles. The normalized spacial score (nSPS) is 14.6. The molecular formula is C15H13NO. The number of rotatable bonds is 3. The topological polar surface area (TPSA) is 30.0 Å². The lowest BCUT2D eigenvalue weighted by Crippen LogP contribution is -1.87. The molecule has 0 atom stereocenters. The molecule has 1 heterocycles. The van der Waals surface area contributed by atoms with Crippen molar-refractivity contribution in [3.05, 3.63) is 53.9 Å². The molecular weight excluding hydrogens is 210 g/mol. The van der Waals surface area contributed by atoms with E-state index in [2.05, 4.69) is 17.1 Å². The molecule has 0 unspecified atom stereocenters. The highest BCUT2D eigenvalue weighted by molar-refractivity contribution is 5.76. The molecule has 0 spiro atoms. The van der Waals surface area contributed by atoms with Crippen molar-refractivity contribution in [2.24, 2.45) is 0 Å². The first-order valence-corrected chi connectivity index (χ1v) is 5.88. The van der Waals surface area contributed by atoms with Gasteiger partial charge in [0, 0.05) is 28.9 Å². The standard InChI is InChI=1S/C15H13NO/c17-10-11-1-3-12(4-2-11)14-7-8-15(16-9-14)13-5-6-13/h1-4,7-10,13H,5-6H2. The predicted molar refractivity (Wildman–Crippen MR) is 67.0 cm³/mol. The first-order chi connectivity index (χ1) is 8.36. The van der Waals surface area contributed by atoms with Crippen molar-refractivity contribution in [3.8, 4) is 11.1 Å². The Balaban J connectivity index is 1.88. The van der Waals surface area contributed by atoms with Gasteiger partial charge in [0.2, 0.25) is 0 Å². The molecule has 0 bridgehead atoms. The largest absolute Gasteiger partial charge is 0.298 e. The van der Waals surface area contributed by atoms with E-state index in [9.17, 15) is 4.79 Å². The van der Waals surface area contributed by atoms with Gasteiger partial charge in [-0.3, -0.25) is 9.78 Å². The Kier molecular flexibility index (Phi) is 2.48. The lowest BCUT2D eigenvalue weighted by Gasteiger charge is -2.03. The molecule has 0 radical (unpaired) electrons. The number of hydrogen-bond acceptors (Lipinski definition) is 2. The van der Waals surface area contributed by atoms with Crippen LogP contribution in [0.1, 0.15) is 34.8 Å². The smallest absolute Gasteiger partial charge is 0.150 e. The van der Waals surface area contributed by atoms with E-state index >= 15 is 0 Å². The molecule has 1 saturated carbocycles. The molecule has 0 N–H and O–H groups in total. The summed E-state index contributed by atoms with van der Waals surface area (Å²) in [4.78, 5) is 15.1. The molecule has 1 aromatic heterocycles. The summed E-state index contributed by atoms with van der Waals surface area (Å²) in [6.45, 7) is 0. The molecule has 2 nitrogen and oxygen atoms in total. The summed E-state index contributed by atoms with van der Waals surface area (Å²) in [6, 6.07) is 11.8. The van der Waals surface area contributed by atoms with Gasteiger partial charge in [-0.2, -0.15) is 0 Å². The summed E-state index contributed by atoms with van der Waals surface area (Å²) < 4.78 is 0. The molecule has 1 fully saturated rings.